The first-order valence-corrected chi connectivity index (χ1v) is 5.95. The lowest BCUT2D eigenvalue weighted by molar-refractivity contribution is 0.249. The maximum Gasteiger partial charge on any atom is 0.178 e. The summed E-state index contributed by atoms with van der Waals surface area (Å²) in [6.07, 6.45) is 2.88. The standard InChI is InChI=1S/C9H13NO3S/c1-8(6-11)7-14(12,13)9-2-4-10-5-3-9/h2-5,8,11H,6-7H2,1H3. The number of aliphatic hydroxyl groups is 1. The van der Waals surface area contributed by atoms with E-state index in [9.17, 15) is 8.42 Å². The second-order valence-electron chi connectivity index (χ2n) is 3.25. The maximum atomic E-state index is 11.7. The third-order valence-electron chi connectivity index (χ3n) is 1.82. The molecule has 0 radical (unpaired) electrons. The van der Waals surface area contributed by atoms with Gasteiger partial charge in [-0.25, -0.2) is 8.42 Å². The summed E-state index contributed by atoms with van der Waals surface area (Å²) in [5.41, 5.74) is 0. The van der Waals surface area contributed by atoms with E-state index in [-0.39, 0.29) is 23.2 Å². The predicted molar refractivity (Wildman–Crippen MR) is 52.5 cm³/mol. The van der Waals surface area contributed by atoms with Gasteiger partial charge in [0.1, 0.15) is 0 Å². The first-order valence-electron chi connectivity index (χ1n) is 4.30. The average Bonchev–Trinajstić information content (AvgIpc) is 2.18. The molecule has 1 unspecified atom stereocenters. The SMILES string of the molecule is CC(CO)CS(=O)(=O)c1ccncc1. The highest BCUT2D eigenvalue weighted by atomic mass is 32.2. The van der Waals surface area contributed by atoms with Crippen LogP contribution < -0.4 is 0 Å². The van der Waals surface area contributed by atoms with Crippen LogP contribution in [0.15, 0.2) is 29.4 Å². The molecule has 0 aliphatic rings. The summed E-state index contributed by atoms with van der Waals surface area (Å²) in [6.45, 7) is 1.57. The summed E-state index contributed by atoms with van der Waals surface area (Å²) < 4.78 is 23.3. The Morgan fingerprint density at radius 1 is 1.43 bits per heavy atom. The molecule has 0 amide bonds. The van der Waals surface area contributed by atoms with Crippen molar-refractivity contribution in [2.75, 3.05) is 12.4 Å². The van der Waals surface area contributed by atoms with Crippen LogP contribution in [0, 0.1) is 5.92 Å². The van der Waals surface area contributed by atoms with Crippen LogP contribution in [0.4, 0.5) is 0 Å². The minimum atomic E-state index is -3.27. The molecule has 1 aromatic heterocycles. The molecule has 0 aliphatic carbocycles. The molecule has 0 saturated heterocycles. The monoisotopic (exact) mass is 215 g/mol. The third kappa shape index (κ3) is 2.78. The number of aromatic nitrogens is 1. The lowest BCUT2D eigenvalue weighted by Crippen LogP contribution is -2.16. The van der Waals surface area contributed by atoms with Crippen LogP contribution in [-0.4, -0.2) is 30.9 Å². The molecule has 4 nitrogen and oxygen atoms in total. The Morgan fingerprint density at radius 2 is 2.00 bits per heavy atom. The Balaban J connectivity index is 2.87. The number of hydrogen-bond donors (Lipinski definition) is 1. The zero-order chi connectivity index (χ0) is 10.6. The average molecular weight is 215 g/mol. The molecular formula is C9H13NO3S. The molecule has 1 rings (SSSR count). The molecule has 1 N–H and O–H groups in total. The smallest absolute Gasteiger partial charge is 0.178 e. The van der Waals surface area contributed by atoms with Gasteiger partial charge in [-0.3, -0.25) is 4.98 Å². The quantitative estimate of drug-likeness (QED) is 0.793. The summed E-state index contributed by atoms with van der Waals surface area (Å²) in [4.78, 5) is 4.00. The van der Waals surface area contributed by atoms with Crippen molar-refractivity contribution in [1.82, 2.24) is 4.98 Å². The van der Waals surface area contributed by atoms with Crippen LogP contribution in [-0.2, 0) is 9.84 Å². The predicted octanol–water partition coefficient (Wildman–Crippen LogP) is 0.484. The van der Waals surface area contributed by atoms with Crippen LogP contribution in [0.1, 0.15) is 6.92 Å². The molecule has 0 aliphatic heterocycles. The van der Waals surface area contributed by atoms with Crippen molar-refractivity contribution in [3.05, 3.63) is 24.5 Å². The summed E-state index contributed by atoms with van der Waals surface area (Å²) in [5.74, 6) is -0.277. The van der Waals surface area contributed by atoms with Crippen molar-refractivity contribution in [1.29, 1.82) is 0 Å². The lowest BCUT2D eigenvalue weighted by Gasteiger charge is -2.08. The highest BCUT2D eigenvalue weighted by Gasteiger charge is 2.17. The van der Waals surface area contributed by atoms with E-state index in [1.54, 1.807) is 6.92 Å². The summed E-state index contributed by atoms with van der Waals surface area (Å²) >= 11 is 0. The van der Waals surface area contributed by atoms with E-state index < -0.39 is 9.84 Å². The molecule has 0 bridgehead atoms. The molecule has 1 heterocycles. The number of pyridine rings is 1. The maximum absolute atomic E-state index is 11.7. The summed E-state index contributed by atoms with van der Waals surface area (Å²) in [5, 5.41) is 8.77. The molecule has 1 aromatic rings. The van der Waals surface area contributed by atoms with Crippen molar-refractivity contribution in [3.63, 3.8) is 0 Å². The largest absolute Gasteiger partial charge is 0.396 e. The van der Waals surface area contributed by atoms with Crippen LogP contribution >= 0.6 is 0 Å². The fraction of sp³-hybridized carbons (Fsp3) is 0.444. The fourth-order valence-corrected chi connectivity index (χ4v) is 2.65. The van der Waals surface area contributed by atoms with Gasteiger partial charge in [0.15, 0.2) is 9.84 Å². The number of sulfone groups is 1. The van der Waals surface area contributed by atoms with Crippen molar-refractivity contribution in [2.24, 2.45) is 5.92 Å². The van der Waals surface area contributed by atoms with E-state index in [1.807, 2.05) is 0 Å². The summed E-state index contributed by atoms with van der Waals surface area (Å²) in [7, 11) is -3.27. The fourth-order valence-electron chi connectivity index (χ4n) is 1.07. The first kappa shape index (κ1) is 11.1. The van der Waals surface area contributed by atoms with Crippen molar-refractivity contribution in [2.45, 2.75) is 11.8 Å². The van der Waals surface area contributed by atoms with Crippen molar-refractivity contribution < 1.29 is 13.5 Å². The zero-order valence-electron chi connectivity index (χ0n) is 7.92. The molecule has 0 fully saturated rings. The van der Waals surface area contributed by atoms with Gasteiger partial charge in [0, 0.05) is 19.0 Å². The van der Waals surface area contributed by atoms with Crippen LogP contribution in [0.5, 0.6) is 0 Å². The van der Waals surface area contributed by atoms with Crippen molar-refractivity contribution >= 4 is 9.84 Å². The summed E-state index contributed by atoms with van der Waals surface area (Å²) in [6, 6.07) is 2.92. The van der Waals surface area contributed by atoms with Crippen LogP contribution in [0.25, 0.3) is 0 Å². The Labute approximate surface area is 83.5 Å². The third-order valence-corrected chi connectivity index (χ3v) is 3.82. The lowest BCUT2D eigenvalue weighted by atomic mass is 10.2. The van der Waals surface area contributed by atoms with E-state index in [4.69, 9.17) is 5.11 Å². The Hall–Kier alpha value is -0.940. The van der Waals surface area contributed by atoms with E-state index in [0.717, 1.165) is 0 Å². The molecule has 0 spiro atoms. The van der Waals surface area contributed by atoms with Gasteiger partial charge < -0.3 is 5.11 Å². The van der Waals surface area contributed by atoms with Gasteiger partial charge >= 0.3 is 0 Å². The minimum absolute atomic E-state index is 0.0342. The van der Waals surface area contributed by atoms with E-state index in [0.29, 0.717) is 0 Å². The topological polar surface area (TPSA) is 67.3 Å². The van der Waals surface area contributed by atoms with E-state index >= 15 is 0 Å². The van der Waals surface area contributed by atoms with Gasteiger partial charge in [0.05, 0.1) is 10.6 Å². The van der Waals surface area contributed by atoms with Crippen LogP contribution in [0.3, 0.4) is 0 Å². The van der Waals surface area contributed by atoms with Gasteiger partial charge in [0.25, 0.3) is 0 Å². The second-order valence-corrected chi connectivity index (χ2v) is 5.29. The highest BCUT2D eigenvalue weighted by molar-refractivity contribution is 7.91. The highest BCUT2D eigenvalue weighted by Crippen LogP contribution is 2.12. The molecule has 0 aromatic carbocycles. The van der Waals surface area contributed by atoms with Gasteiger partial charge in [-0.15, -0.1) is 0 Å². The molecule has 1 atom stereocenters. The van der Waals surface area contributed by atoms with Crippen molar-refractivity contribution in [3.8, 4) is 0 Å². The Bertz CT molecular complexity index is 374. The van der Waals surface area contributed by atoms with Gasteiger partial charge in [-0.05, 0) is 18.1 Å². The van der Waals surface area contributed by atoms with Gasteiger partial charge in [-0.1, -0.05) is 6.92 Å². The molecule has 0 saturated carbocycles. The molecule has 5 heteroatoms. The number of nitrogens with zero attached hydrogens (tertiary/aromatic N) is 1. The number of rotatable bonds is 4. The number of aliphatic hydroxyl groups excluding tert-OH is 1. The zero-order valence-corrected chi connectivity index (χ0v) is 8.74. The van der Waals surface area contributed by atoms with E-state index in [1.165, 1.54) is 24.5 Å². The minimum Gasteiger partial charge on any atom is -0.396 e. The Kier molecular flexibility index (Phi) is 3.60. The van der Waals surface area contributed by atoms with E-state index in [2.05, 4.69) is 4.98 Å². The number of hydrogen-bond acceptors (Lipinski definition) is 4. The van der Waals surface area contributed by atoms with Crippen LogP contribution in [0.2, 0.25) is 0 Å². The second kappa shape index (κ2) is 4.52. The van der Waals surface area contributed by atoms with Gasteiger partial charge in [0.2, 0.25) is 0 Å². The van der Waals surface area contributed by atoms with Gasteiger partial charge in [-0.2, -0.15) is 0 Å². The molecule has 78 valence electrons. The first-order chi connectivity index (χ1) is 6.56. The normalized spacial score (nSPS) is 13.9. The molecular weight excluding hydrogens is 202 g/mol. The molecule has 14 heavy (non-hydrogen) atoms. The Morgan fingerprint density at radius 3 is 2.50 bits per heavy atom.